The third-order valence-electron chi connectivity index (χ3n) is 1.72. The molecule has 1 aromatic carbocycles. The minimum atomic E-state index is -3.32. The second-order valence-electron chi connectivity index (χ2n) is 2.81. The lowest BCUT2D eigenvalue weighted by atomic mass is 10.4. The number of halogens is 1. The van der Waals surface area contributed by atoms with Crippen molar-refractivity contribution in [3.8, 4) is 0 Å². The van der Waals surface area contributed by atoms with E-state index in [4.69, 9.17) is 0 Å². The van der Waals surface area contributed by atoms with Crippen LogP contribution in [0.25, 0.3) is 0 Å². The Balaban J connectivity index is 0.00000196. The number of hydrogen-bond acceptors (Lipinski definition) is 3. The summed E-state index contributed by atoms with van der Waals surface area (Å²) < 4.78 is 25.6. The van der Waals surface area contributed by atoms with Crippen molar-refractivity contribution in [2.24, 2.45) is 0 Å². The maximum absolute atomic E-state index is 11.6. The summed E-state index contributed by atoms with van der Waals surface area (Å²) in [6.07, 6.45) is 0. The summed E-state index contributed by atoms with van der Waals surface area (Å²) in [6.45, 7) is 1.01. The van der Waals surface area contributed by atoms with E-state index in [0.29, 0.717) is 18.0 Å². The number of sulfonamides is 1. The molecule has 0 saturated carbocycles. The maximum atomic E-state index is 11.6. The Labute approximate surface area is 96.5 Å². The van der Waals surface area contributed by atoms with Gasteiger partial charge in [0.1, 0.15) is 0 Å². The molecule has 0 amide bonds. The van der Waals surface area contributed by atoms with Crippen LogP contribution >= 0.6 is 12.4 Å². The van der Waals surface area contributed by atoms with Gasteiger partial charge in [0.15, 0.2) is 0 Å². The van der Waals surface area contributed by atoms with E-state index in [1.54, 1.807) is 37.4 Å². The summed E-state index contributed by atoms with van der Waals surface area (Å²) in [5.41, 5.74) is 0. The molecule has 0 aliphatic heterocycles. The van der Waals surface area contributed by atoms with E-state index < -0.39 is 10.0 Å². The van der Waals surface area contributed by atoms with E-state index in [1.165, 1.54) is 0 Å². The number of rotatable bonds is 5. The van der Waals surface area contributed by atoms with Crippen molar-refractivity contribution in [2.45, 2.75) is 4.90 Å². The van der Waals surface area contributed by atoms with E-state index in [1.807, 2.05) is 0 Å². The SMILES string of the molecule is CNCCNS(=O)(=O)c1ccccc1.Cl. The molecule has 0 atom stereocenters. The molecule has 0 aliphatic carbocycles. The summed E-state index contributed by atoms with van der Waals surface area (Å²) in [5.74, 6) is 0. The first-order valence-corrected chi connectivity index (χ1v) is 5.84. The molecule has 4 nitrogen and oxygen atoms in total. The van der Waals surface area contributed by atoms with E-state index in [2.05, 4.69) is 10.0 Å². The Morgan fingerprint density at radius 1 is 1.13 bits per heavy atom. The van der Waals surface area contributed by atoms with Crippen LogP contribution in [0, 0.1) is 0 Å². The lowest BCUT2D eigenvalue weighted by Gasteiger charge is -2.05. The third kappa shape index (κ3) is 4.61. The Kier molecular flexibility index (Phi) is 6.51. The van der Waals surface area contributed by atoms with Gasteiger partial charge in [-0.1, -0.05) is 18.2 Å². The zero-order chi connectivity index (χ0) is 10.4. The number of benzene rings is 1. The summed E-state index contributed by atoms with van der Waals surface area (Å²) in [4.78, 5) is 0.302. The van der Waals surface area contributed by atoms with Crippen LogP contribution in [0.4, 0.5) is 0 Å². The molecular weight excluding hydrogens is 236 g/mol. The van der Waals surface area contributed by atoms with E-state index in [9.17, 15) is 8.42 Å². The van der Waals surface area contributed by atoms with Crippen molar-refractivity contribution in [1.29, 1.82) is 0 Å². The van der Waals surface area contributed by atoms with Crippen molar-refractivity contribution >= 4 is 22.4 Å². The molecule has 1 rings (SSSR count). The monoisotopic (exact) mass is 250 g/mol. The van der Waals surface area contributed by atoms with Crippen molar-refractivity contribution in [3.63, 3.8) is 0 Å². The van der Waals surface area contributed by atoms with Crippen molar-refractivity contribution in [3.05, 3.63) is 30.3 Å². The Bertz CT molecular complexity index is 367. The minimum absolute atomic E-state index is 0. The van der Waals surface area contributed by atoms with Crippen LogP contribution in [0.1, 0.15) is 0 Å². The van der Waals surface area contributed by atoms with E-state index >= 15 is 0 Å². The predicted molar refractivity (Wildman–Crippen MR) is 62.8 cm³/mol. The van der Waals surface area contributed by atoms with Gasteiger partial charge in [-0.15, -0.1) is 12.4 Å². The zero-order valence-electron chi connectivity index (χ0n) is 8.43. The van der Waals surface area contributed by atoms with Crippen molar-refractivity contribution in [1.82, 2.24) is 10.0 Å². The topological polar surface area (TPSA) is 58.2 Å². The van der Waals surface area contributed by atoms with Gasteiger partial charge >= 0.3 is 0 Å². The average molecular weight is 251 g/mol. The van der Waals surface area contributed by atoms with Crippen LogP contribution < -0.4 is 10.0 Å². The number of nitrogens with one attached hydrogen (secondary N) is 2. The average Bonchev–Trinajstić information content (AvgIpc) is 2.19. The Morgan fingerprint density at radius 3 is 2.27 bits per heavy atom. The molecule has 15 heavy (non-hydrogen) atoms. The van der Waals surface area contributed by atoms with Gasteiger partial charge in [-0.25, -0.2) is 13.1 Å². The largest absolute Gasteiger partial charge is 0.318 e. The molecule has 0 fully saturated rings. The first-order chi connectivity index (χ1) is 6.67. The molecule has 0 heterocycles. The molecule has 2 N–H and O–H groups in total. The summed E-state index contributed by atoms with van der Waals surface area (Å²) >= 11 is 0. The fourth-order valence-electron chi connectivity index (χ4n) is 0.993. The fraction of sp³-hybridized carbons (Fsp3) is 0.333. The van der Waals surface area contributed by atoms with Crippen molar-refractivity contribution in [2.75, 3.05) is 20.1 Å². The van der Waals surface area contributed by atoms with Gasteiger partial charge in [0.05, 0.1) is 4.90 Å². The highest BCUT2D eigenvalue weighted by atomic mass is 35.5. The molecule has 0 spiro atoms. The predicted octanol–water partition coefficient (Wildman–Crippen LogP) is 0.606. The van der Waals surface area contributed by atoms with Crippen LogP contribution in [0.3, 0.4) is 0 Å². The smallest absolute Gasteiger partial charge is 0.240 e. The molecule has 0 bridgehead atoms. The third-order valence-corrected chi connectivity index (χ3v) is 3.20. The second kappa shape index (κ2) is 6.79. The molecule has 86 valence electrons. The Hall–Kier alpha value is -0.620. The van der Waals surface area contributed by atoms with Crippen LogP contribution in [0.5, 0.6) is 0 Å². The highest BCUT2D eigenvalue weighted by molar-refractivity contribution is 7.89. The molecular formula is C9H15ClN2O2S. The molecule has 0 aromatic heterocycles. The van der Waals surface area contributed by atoms with Gasteiger partial charge < -0.3 is 5.32 Å². The second-order valence-corrected chi connectivity index (χ2v) is 4.58. The summed E-state index contributed by atoms with van der Waals surface area (Å²) in [6, 6.07) is 8.33. The lowest BCUT2D eigenvalue weighted by molar-refractivity contribution is 0.579. The normalized spacial score (nSPS) is 10.7. The Morgan fingerprint density at radius 2 is 1.73 bits per heavy atom. The summed E-state index contributed by atoms with van der Waals surface area (Å²) in [5, 5.41) is 2.86. The minimum Gasteiger partial charge on any atom is -0.318 e. The highest BCUT2D eigenvalue weighted by Crippen LogP contribution is 2.05. The lowest BCUT2D eigenvalue weighted by Crippen LogP contribution is -2.30. The molecule has 6 heteroatoms. The molecule has 0 saturated heterocycles. The quantitative estimate of drug-likeness (QED) is 0.753. The maximum Gasteiger partial charge on any atom is 0.240 e. The highest BCUT2D eigenvalue weighted by Gasteiger charge is 2.11. The van der Waals surface area contributed by atoms with Crippen LogP contribution in [-0.2, 0) is 10.0 Å². The van der Waals surface area contributed by atoms with Gasteiger partial charge in [0.2, 0.25) is 10.0 Å². The first-order valence-electron chi connectivity index (χ1n) is 4.36. The molecule has 1 aromatic rings. The zero-order valence-corrected chi connectivity index (χ0v) is 10.1. The number of likely N-dealkylation sites (N-methyl/N-ethyl adjacent to an activating group) is 1. The first kappa shape index (κ1) is 14.4. The molecule has 0 aliphatic rings. The van der Waals surface area contributed by atoms with Crippen LogP contribution in [0.15, 0.2) is 35.2 Å². The van der Waals surface area contributed by atoms with Gasteiger partial charge in [-0.3, -0.25) is 0 Å². The standard InChI is InChI=1S/C9H14N2O2S.ClH/c1-10-7-8-11-14(12,13)9-5-3-2-4-6-9;/h2-6,10-11H,7-8H2,1H3;1H. The van der Waals surface area contributed by atoms with Gasteiger partial charge in [0.25, 0.3) is 0 Å². The van der Waals surface area contributed by atoms with Gasteiger partial charge in [-0.2, -0.15) is 0 Å². The number of hydrogen-bond donors (Lipinski definition) is 2. The molecule has 0 radical (unpaired) electrons. The fourth-order valence-corrected chi connectivity index (χ4v) is 2.05. The van der Waals surface area contributed by atoms with E-state index in [-0.39, 0.29) is 12.4 Å². The van der Waals surface area contributed by atoms with Gasteiger partial charge in [-0.05, 0) is 19.2 Å². The van der Waals surface area contributed by atoms with Crippen LogP contribution in [0.2, 0.25) is 0 Å². The van der Waals surface area contributed by atoms with Crippen molar-refractivity contribution < 1.29 is 8.42 Å². The van der Waals surface area contributed by atoms with Gasteiger partial charge in [0, 0.05) is 13.1 Å². The van der Waals surface area contributed by atoms with Crippen LogP contribution in [-0.4, -0.2) is 28.6 Å². The summed E-state index contributed by atoms with van der Waals surface area (Å²) in [7, 11) is -1.55. The van der Waals surface area contributed by atoms with E-state index in [0.717, 1.165) is 0 Å². The molecule has 0 unspecified atom stereocenters.